The van der Waals surface area contributed by atoms with E-state index in [0.717, 1.165) is 36.2 Å². The number of halogens is 1. The number of hydrogen-bond donors (Lipinski definition) is 1. The maximum Gasteiger partial charge on any atom is 0.123 e. The van der Waals surface area contributed by atoms with Crippen molar-refractivity contribution in [2.75, 3.05) is 6.61 Å². The number of ether oxygens (including phenoxy) is 2. The molecule has 2 aliphatic rings. The van der Waals surface area contributed by atoms with Crippen molar-refractivity contribution in [1.82, 2.24) is 5.32 Å². The standard InChI is InChI=1S/C16H22BrNO2/c1-2-7-19-15-5-3-12(17)8-11(15)10-18-14-9-13-4-6-16(14)20-13/h3,5,8,13-14,16,18H,2,4,6-7,9-10H2,1H3. The van der Waals surface area contributed by atoms with Gasteiger partial charge in [-0.1, -0.05) is 22.9 Å². The maximum atomic E-state index is 5.89. The molecule has 2 bridgehead atoms. The summed E-state index contributed by atoms with van der Waals surface area (Å²) in [4.78, 5) is 0. The number of fused-ring (bicyclic) bond motifs is 2. The minimum atomic E-state index is 0.423. The molecule has 2 saturated heterocycles. The van der Waals surface area contributed by atoms with E-state index in [1.807, 2.05) is 12.1 Å². The summed E-state index contributed by atoms with van der Waals surface area (Å²) >= 11 is 3.54. The van der Waals surface area contributed by atoms with Crippen molar-refractivity contribution in [2.45, 2.75) is 57.4 Å². The van der Waals surface area contributed by atoms with E-state index in [1.165, 1.54) is 18.4 Å². The molecule has 20 heavy (non-hydrogen) atoms. The third-order valence-corrected chi connectivity index (χ3v) is 4.64. The average Bonchev–Trinajstić information content (AvgIpc) is 3.06. The fraction of sp³-hybridized carbons (Fsp3) is 0.625. The number of nitrogens with one attached hydrogen (secondary N) is 1. The summed E-state index contributed by atoms with van der Waals surface area (Å²) in [6, 6.07) is 6.74. The summed E-state index contributed by atoms with van der Waals surface area (Å²) in [5.41, 5.74) is 1.22. The Bertz CT molecular complexity index is 466. The van der Waals surface area contributed by atoms with Crippen molar-refractivity contribution in [3.8, 4) is 5.75 Å². The third kappa shape index (κ3) is 3.18. The normalized spacial score (nSPS) is 28.0. The van der Waals surface area contributed by atoms with E-state index >= 15 is 0 Å². The Morgan fingerprint density at radius 1 is 1.40 bits per heavy atom. The van der Waals surface area contributed by atoms with Crippen LogP contribution in [0.3, 0.4) is 0 Å². The number of benzene rings is 1. The largest absolute Gasteiger partial charge is 0.493 e. The second-order valence-corrected chi connectivity index (χ2v) is 6.61. The molecule has 0 aromatic heterocycles. The van der Waals surface area contributed by atoms with Gasteiger partial charge in [-0.05, 0) is 43.9 Å². The Balaban J connectivity index is 1.62. The lowest BCUT2D eigenvalue weighted by molar-refractivity contribution is 0.0972. The fourth-order valence-electron chi connectivity index (χ4n) is 3.13. The molecule has 1 aromatic carbocycles. The molecule has 0 saturated carbocycles. The minimum absolute atomic E-state index is 0.423. The van der Waals surface area contributed by atoms with Gasteiger partial charge in [0.25, 0.3) is 0 Å². The summed E-state index contributed by atoms with van der Waals surface area (Å²) in [6.45, 7) is 3.74. The van der Waals surface area contributed by atoms with Crippen molar-refractivity contribution in [2.24, 2.45) is 0 Å². The van der Waals surface area contributed by atoms with Gasteiger partial charge >= 0.3 is 0 Å². The lowest BCUT2D eigenvalue weighted by Gasteiger charge is -2.21. The van der Waals surface area contributed by atoms with E-state index in [9.17, 15) is 0 Å². The molecule has 4 heteroatoms. The molecule has 110 valence electrons. The molecule has 0 amide bonds. The zero-order valence-corrected chi connectivity index (χ0v) is 13.5. The molecule has 0 aliphatic carbocycles. The Labute approximate surface area is 129 Å². The van der Waals surface area contributed by atoms with Crippen LogP contribution in [-0.2, 0) is 11.3 Å². The van der Waals surface area contributed by atoms with Crippen LogP contribution in [0.1, 0.15) is 38.2 Å². The van der Waals surface area contributed by atoms with Gasteiger partial charge in [0.05, 0.1) is 18.8 Å². The fourth-order valence-corrected chi connectivity index (χ4v) is 3.54. The second kappa shape index (κ2) is 6.46. The second-order valence-electron chi connectivity index (χ2n) is 5.70. The van der Waals surface area contributed by atoms with Gasteiger partial charge in [-0.3, -0.25) is 0 Å². The van der Waals surface area contributed by atoms with Crippen LogP contribution in [0.25, 0.3) is 0 Å². The molecule has 3 atom stereocenters. The monoisotopic (exact) mass is 339 g/mol. The van der Waals surface area contributed by atoms with Crippen molar-refractivity contribution in [3.63, 3.8) is 0 Å². The van der Waals surface area contributed by atoms with E-state index in [1.54, 1.807) is 0 Å². The summed E-state index contributed by atoms with van der Waals surface area (Å²) < 4.78 is 12.8. The van der Waals surface area contributed by atoms with Gasteiger partial charge in [0, 0.05) is 22.6 Å². The average molecular weight is 340 g/mol. The Morgan fingerprint density at radius 2 is 2.30 bits per heavy atom. The lowest BCUT2D eigenvalue weighted by atomic mass is 9.95. The van der Waals surface area contributed by atoms with Gasteiger partial charge in [0.2, 0.25) is 0 Å². The van der Waals surface area contributed by atoms with Gasteiger partial charge < -0.3 is 14.8 Å². The highest BCUT2D eigenvalue weighted by Crippen LogP contribution is 2.34. The SMILES string of the molecule is CCCOc1ccc(Br)cc1CNC1CC2CCC1O2. The quantitative estimate of drug-likeness (QED) is 0.858. The van der Waals surface area contributed by atoms with Crippen LogP contribution in [-0.4, -0.2) is 24.9 Å². The van der Waals surface area contributed by atoms with Gasteiger partial charge in [0.15, 0.2) is 0 Å². The van der Waals surface area contributed by atoms with Crippen LogP contribution >= 0.6 is 15.9 Å². The molecule has 2 fully saturated rings. The molecule has 3 unspecified atom stereocenters. The summed E-state index contributed by atoms with van der Waals surface area (Å²) in [5, 5.41) is 3.65. The van der Waals surface area contributed by atoms with Crippen LogP contribution in [0.15, 0.2) is 22.7 Å². The van der Waals surface area contributed by atoms with Crippen LogP contribution in [0.4, 0.5) is 0 Å². The van der Waals surface area contributed by atoms with Crippen molar-refractivity contribution >= 4 is 15.9 Å². The molecule has 1 aromatic rings. The predicted octanol–water partition coefficient (Wildman–Crippen LogP) is 3.65. The first kappa shape index (κ1) is 14.4. The minimum Gasteiger partial charge on any atom is -0.493 e. The van der Waals surface area contributed by atoms with E-state index in [-0.39, 0.29) is 0 Å². The summed E-state index contributed by atoms with van der Waals surface area (Å²) in [7, 11) is 0. The van der Waals surface area contributed by atoms with Crippen LogP contribution in [0, 0.1) is 0 Å². The Morgan fingerprint density at radius 3 is 3.00 bits per heavy atom. The first-order valence-corrected chi connectivity index (χ1v) is 8.35. The Hall–Kier alpha value is -0.580. The molecule has 2 heterocycles. The zero-order chi connectivity index (χ0) is 13.9. The smallest absolute Gasteiger partial charge is 0.123 e. The van der Waals surface area contributed by atoms with Crippen LogP contribution in [0.5, 0.6) is 5.75 Å². The highest BCUT2D eigenvalue weighted by Gasteiger charge is 2.40. The molecule has 3 rings (SSSR count). The van der Waals surface area contributed by atoms with Gasteiger partial charge in [0.1, 0.15) is 5.75 Å². The molecule has 3 nitrogen and oxygen atoms in total. The van der Waals surface area contributed by atoms with Crippen molar-refractivity contribution in [3.05, 3.63) is 28.2 Å². The molecular formula is C16H22BrNO2. The van der Waals surface area contributed by atoms with Crippen molar-refractivity contribution in [1.29, 1.82) is 0 Å². The topological polar surface area (TPSA) is 30.5 Å². The molecule has 0 radical (unpaired) electrons. The van der Waals surface area contributed by atoms with E-state index in [2.05, 4.69) is 34.2 Å². The highest BCUT2D eigenvalue weighted by atomic mass is 79.9. The molecule has 2 aliphatic heterocycles. The van der Waals surface area contributed by atoms with E-state index in [0.29, 0.717) is 18.2 Å². The van der Waals surface area contributed by atoms with Gasteiger partial charge in [-0.15, -0.1) is 0 Å². The molecule has 1 N–H and O–H groups in total. The van der Waals surface area contributed by atoms with Gasteiger partial charge in [-0.2, -0.15) is 0 Å². The zero-order valence-electron chi connectivity index (χ0n) is 11.9. The summed E-state index contributed by atoms with van der Waals surface area (Å²) in [5.74, 6) is 0.992. The first-order chi connectivity index (χ1) is 9.76. The van der Waals surface area contributed by atoms with Crippen molar-refractivity contribution < 1.29 is 9.47 Å². The van der Waals surface area contributed by atoms with Gasteiger partial charge in [-0.25, -0.2) is 0 Å². The highest BCUT2D eigenvalue weighted by molar-refractivity contribution is 9.10. The number of rotatable bonds is 6. The van der Waals surface area contributed by atoms with E-state index in [4.69, 9.17) is 9.47 Å². The van der Waals surface area contributed by atoms with Crippen LogP contribution < -0.4 is 10.1 Å². The summed E-state index contributed by atoms with van der Waals surface area (Å²) in [6.07, 6.45) is 5.56. The molecular weight excluding hydrogens is 318 g/mol. The molecule has 0 spiro atoms. The van der Waals surface area contributed by atoms with Crippen LogP contribution in [0.2, 0.25) is 0 Å². The first-order valence-electron chi connectivity index (χ1n) is 7.56. The maximum absolute atomic E-state index is 5.89. The third-order valence-electron chi connectivity index (χ3n) is 4.14. The number of hydrogen-bond acceptors (Lipinski definition) is 3. The Kier molecular flexibility index (Phi) is 4.64. The van der Waals surface area contributed by atoms with E-state index < -0.39 is 0 Å². The predicted molar refractivity (Wildman–Crippen MR) is 83.1 cm³/mol. The lowest BCUT2D eigenvalue weighted by Crippen LogP contribution is -2.37.